The minimum Gasteiger partial charge on any atom is -0.509 e. The van der Waals surface area contributed by atoms with E-state index in [9.17, 15) is 4.11 Å². The first-order chi connectivity index (χ1) is 47.6. The SMILES string of the molecule is [2H]c1c(Oc2[c-]c3c(cc2)c2ccccc2n3-c2cc(C([2H])([2H])[2H])c(-c3ccc(C(C)(C)C)cc3)cn2)[c-]c(N2[CH-]N(c3c(-c4cc(C(C)(C)C)cc(C(C)(C)C)c4)cccc3-c3ccc4c(c3)C3(c5ccccc5-4)c4ccccc4C(C)(C)c4ccccc43)c3ccccc32)c([2H])c1[2H].[Pt]. The number of para-hydroxylation sites is 4. The number of hydrogen-bond donors (Lipinski definition) is 0. The van der Waals surface area contributed by atoms with Crippen molar-refractivity contribution in [2.75, 3.05) is 9.80 Å². The van der Waals surface area contributed by atoms with Crippen molar-refractivity contribution in [2.24, 2.45) is 0 Å². The van der Waals surface area contributed by atoms with E-state index in [1.807, 2.05) is 88.9 Å². The maximum Gasteiger partial charge on any atom is 0.135 e. The van der Waals surface area contributed by atoms with Gasteiger partial charge in [0.25, 0.3) is 0 Å². The van der Waals surface area contributed by atoms with Crippen LogP contribution in [0.5, 0.6) is 11.5 Å². The van der Waals surface area contributed by atoms with Gasteiger partial charge in [-0.3, -0.25) is 0 Å². The molecule has 13 aromatic rings. The van der Waals surface area contributed by atoms with Crippen molar-refractivity contribution >= 4 is 44.6 Å². The normalized spacial score (nSPS) is 15.4. The summed E-state index contributed by atoms with van der Waals surface area (Å²) < 4.78 is 63.8. The van der Waals surface area contributed by atoms with Gasteiger partial charge in [-0.05, 0) is 145 Å². The average Bonchev–Trinajstić information content (AvgIpc) is 1.57. The second kappa shape index (κ2) is 22.6. The minimum absolute atomic E-state index is 0. The summed E-state index contributed by atoms with van der Waals surface area (Å²) in [5.41, 5.74) is 21.9. The van der Waals surface area contributed by atoms with Crippen LogP contribution in [-0.2, 0) is 48.1 Å². The van der Waals surface area contributed by atoms with Crippen LogP contribution in [0.2, 0.25) is 0 Å². The molecule has 6 heteroatoms. The molecular weight excluding hydrogens is 1340 g/mol. The monoisotopic (exact) mass is 1420 g/mol. The molecule has 1 spiro atoms. The Morgan fingerprint density at radius 2 is 1.05 bits per heavy atom. The molecule has 2 aromatic heterocycles. The number of hydrogen-bond acceptors (Lipinski definition) is 4. The zero-order valence-corrected chi connectivity index (χ0v) is 57.7. The second-order valence-electron chi connectivity index (χ2n) is 29.2. The molecule has 3 aliphatic rings. The van der Waals surface area contributed by atoms with E-state index in [1.165, 1.54) is 55.6 Å². The van der Waals surface area contributed by atoms with Crippen LogP contribution in [0.15, 0.2) is 243 Å². The zero-order valence-electron chi connectivity index (χ0n) is 61.5. The molecule has 1 aliphatic heterocycles. The van der Waals surface area contributed by atoms with Crippen molar-refractivity contribution in [2.45, 2.75) is 110 Å². The van der Waals surface area contributed by atoms with Gasteiger partial charge in [0.1, 0.15) is 5.82 Å². The second-order valence-corrected chi connectivity index (χ2v) is 29.2. The summed E-state index contributed by atoms with van der Waals surface area (Å²) >= 11 is 0. The Labute approximate surface area is 583 Å². The Balaban J connectivity index is 0.00000827. The van der Waals surface area contributed by atoms with Gasteiger partial charge < -0.3 is 19.1 Å². The average molecular weight is 1420 g/mol. The number of aryl methyl sites for hydroxylation is 1. The van der Waals surface area contributed by atoms with Crippen LogP contribution < -0.4 is 14.5 Å². The molecule has 2 aliphatic carbocycles. The van der Waals surface area contributed by atoms with Gasteiger partial charge in [-0.25, -0.2) is 4.98 Å². The molecule has 16 rings (SSSR count). The minimum atomic E-state index is -2.49. The number of aromatic nitrogens is 2. The topological polar surface area (TPSA) is 33.5 Å². The molecule has 95 heavy (non-hydrogen) atoms. The van der Waals surface area contributed by atoms with E-state index < -0.39 is 12.3 Å². The molecule has 0 saturated carbocycles. The fourth-order valence-corrected chi connectivity index (χ4v) is 15.1. The molecule has 472 valence electrons. The molecular formula is C89H77N4OPt-3. The van der Waals surface area contributed by atoms with Gasteiger partial charge in [-0.2, -0.15) is 12.1 Å². The van der Waals surface area contributed by atoms with Crippen molar-refractivity contribution in [3.8, 4) is 61.8 Å². The summed E-state index contributed by atoms with van der Waals surface area (Å²) in [6.07, 6.45) is 1.64. The van der Waals surface area contributed by atoms with Crippen molar-refractivity contribution in [1.82, 2.24) is 9.55 Å². The summed E-state index contributed by atoms with van der Waals surface area (Å²) in [5, 5.41) is 1.72. The van der Waals surface area contributed by atoms with Crippen LogP contribution in [-0.4, -0.2) is 9.55 Å². The molecule has 0 amide bonds. The Morgan fingerprint density at radius 1 is 0.474 bits per heavy atom. The molecule has 0 atom stereocenters. The van der Waals surface area contributed by atoms with E-state index >= 15 is 0 Å². The summed E-state index contributed by atoms with van der Waals surface area (Å²) in [6, 6.07) is 83.3. The molecule has 0 N–H and O–H groups in total. The number of pyridine rings is 1. The third-order valence-corrected chi connectivity index (χ3v) is 20.0. The van der Waals surface area contributed by atoms with Gasteiger partial charge in [-0.15, -0.1) is 48.0 Å². The fraction of sp³-hybridized carbons (Fsp3) is 0.191. The van der Waals surface area contributed by atoms with Gasteiger partial charge >= 0.3 is 0 Å². The standard InChI is InChI=1S/C89H77N4O.Pt/c1-56-47-83(90-54-72(56)57-39-42-60(43-40-57)85(2,3)4)93-79-36-20-14-28-70(79)71-46-44-65(53-82(71)93)94-64-26-23-25-63(52-64)91-55-92(81-38-22-21-37-80(81)91)84-66(29-24-30-67(84)59-48-61(86(5,6)7)51-62(49-59)87(8,9)10)58-41-45-69-68-27-13-15-31-73(68)89(78(69)50-58)76-34-18-16-32-74(76)88(11,12)75-33-17-19-35-77(75)89;/h13-51,54-55H,1-12H3;/q-3;/i1D3,23D,25D,26D;. The Kier molecular flexibility index (Phi) is 13.0. The van der Waals surface area contributed by atoms with E-state index in [4.69, 9.17) is 13.8 Å². The zero-order chi connectivity index (χ0) is 69.9. The maximum absolute atomic E-state index is 9.78. The Morgan fingerprint density at radius 3 is 1.73 bits per heavy atom. The molecule has 0 unspecified atom stereocenters. The fourth-order valence-electron chi connectivity index (χ4n) is 15.1. The van der Waals surface area contributed by atoms with Crippen LogP contribution in [0.25, 0.3) is 72.1 Å². The van der Waals surface area contributed by atoms with Crippen LogP contribution in [0, 0.1) is 25.7 Å². The van der Waals surface area contributed by atoms with Crippen LogP contribution in [0.3, 0.4) is 0 Å². The predicted octanol–water partition coefficient (Wildman–Crippen LogP) is 23.2. The smallest absolute Gasteiger partial charge is 0.135 e. The number of nitrogens with zero attached hydrogens (tertiary/aromatic N) is 4. The summed E-state index contributed by atoms with van der Waals surface area (Å²) in [5.74, 6) is 0.532. The molecule has 0 radical (unpaired) electrons. The van der Waals surface area contributed by atoms with Gasteiger partial charge in [0.2, 0.25) is 0 Å². The number of rotatable bonds is 8. The molecule has 5 nitrogen and oxygen atoms in total. The van der Waals surface area contributed by atoms with Gasteiger partial charge in [0, 0.05) is 88.9 Å². The quantitative estimate of drug-likeness (QED) is 0.142. The largest absolute Gasteiger partial charge is 0.509 e. The summed E-state index contributed by atoms with van der Waals surface area (Å²) in [7, 11) is 0. The predicted molar refractivity (Wildman–Crippen MR) is 391 cm³/mol. The molecule has 11 aromatic carbocycles. The number of benzene rings is 11. The van der Waals surface area contributed by atoms with Gasteiger partial charge in [-0.1, -0.05) is 258 Å². The van der Waals surface area contributed by atoms with Crippen LogP contribution in [0.4, 0.5) is 22.7 Å². The summed E-state index contributed by atoms with van der Waals surface area (Å²) in [6.45, 7) is 24.3. The third-order valence-electron chi connectivity index (χ3n) is 20.0. The van der Waals surface area contributed by atoms with Gasteiger partial charge in [0.05, 0.1) is 5.41 Å². The first-order valence-electron chi connectivity index (χ1n) is 35.7. The first kappa shape index (κ1) is 54.8. The Bertz CT molecular complexity index is 5450. The van der Waals surface area contributed by atoms with Gasteiger partial charge in [0.15, 0.2) is 0 Å². The molecule has 0 bridgehead atoms. The maximum atomic E-state index is 9.78. The first-order valence-corrected chi connectivity index (χ1v) is 32.7. The molecule has 3 heterocycles. The number of anilines is 4. The van der Waals surface area contributed by atoms with Crippen molar-refractivity contribution in [3.63, 3.8) is 0 Å². The summed E-state index contributed by atoms with van der Waals surface area (Å²) in [4.78, 5) is 9.12. The van der Waals surface area contributed by atoms with Crippen molar-refractivity contribution in [1.29, 1.82) is 0 Å². The van der Waals surface area contributed by atoms with E-state index in [-0.39, 0.29) is 83.6 Å². The molecule has 0 saturated heterocycles. The van der Waals surface area contributed by atoms with Crippen molar-refractivity contribution in [3.05, 3.63) is 317 Å². The van der Waals surface area contributed by atoms with E-state index in [0.717, 1.165) is 66.7 Å². The number of ether oxygens (including phenoxy) is 1. The van der Waals surface area contributed by atoms with E-state index in [2.05, 4.69) is 227 Å². The van der Waals surface area contributed by atoms with Crippen LogP contribution in [0.1, 0.15) is 140 Å². The number of fused-ring (bicyclic) bond motifs is 13. The molecule has 0 fully saturated rings. The van der Waals surface area contributed by atoms with E-state index in [1.54, 1.807) is 18.3 Å². The van der Waals surface area contributed by atoms with Crippen molar-refractivity contribution < 1.29 is 34.0 Å². The third kappa shape index (κ3) is 9.93. The van der Waals surface area contributed by atoms with Crippen LogP contribution >= 0.6 is 0 Å². The van der Waals surface area contributed by atoms with E-state index in [0.29, 0.717) is 16.9 Å². The Hall–Kier alpha value is -9.54.